The van der Waals surface area contributed by atoms with Gasteiger partial charge >= 0.3 is 0 Å². The molecular weight excluding hydrogens is 452 g/mol. The van der Waals surface area contributed by atoms with Crippen LogP contribution in [0, 0.1) is 20.8 Å². The van der Waals surface area contributed by atoms with Gasteiger partial charge in [-0.15, -0.1) is 10.2 Å². The van der Waals surface area contributed by atoms with Crippen LogP contribution >= 0.6 is 23.4 Å². The number of aromatic nitrogens is 3. The van der Waals surface area contributed by atoms with E-state index in [-0.39, 0.29) is 12.5 Å². The van der Waals surface area contributed by atoms with E-state index < -0.39 is 0 Å². The maximum Gasteiger partial charge on any atom is 0.251 e. The van der Waals surface area contributed by atoms with Gasteiger partial charge in [-0.05, 0) is 55.7 Å². The Morgan fingerprint density at radius 3 is 2.58 bits per heavy atom. The third kappa shape index (κ3) is 5.46. The molecule has 1 heterocycles. The van der Waals surface area contributed by atoms with E-state index in [0.29, 0.717) is 16.4 Å². The Morgan fingerprint density at radius 2 is 1.79 bits per heavy atom. The number of halogens is 1. The third-order valence-electron chi connectivity index (χ3n) is 5.36. The zero-order chi connectivity index (χ0) is 23.4. The minimum Gasteiger partial charge on any atom is -0.345 e. The quantitative estimate of drug-likeness (QED) is 0.329. The highest BCUT2D eigenvalue weighted by Gasteiger charge is 2.18. The highest BCUT2D eigenvalue weighted by atomic mass is 35.5. The molecule has 0 saturated heterocycles. The van der Waals surface area contributed by atoms with Gasteiger partial charge in [-0.1, -0.05) is 77.5 Å². The van der Waals surface area contributed by atoms with Crippen LogP contribution in [0.2, 0.25) is 5.02 Å². The Labute approximate surface area is 203 Å². The Balaban J connectivity index is 1.63. The number of amides is 1. The molecule has 0 unspecified atom stereocenters. The smallest absolute Gasteiger partial charge is 0.251 e. The van der Waals surface area contributed by atoms with Gasteiger partial charge in [0.15, 0.2) is 11.0 Å². The maximum absolute atomic E-state index is 12.8. The monoisotopic (exact) mass is 476 g/mol. The van der Waals surface area contributed by atoms with E-state index in [1.807, 2.05) is 60.9 Å². The minimum atomic E-state index is -0.139. The van der Waals surface area contributed by atoms with Crippen molar-refractivity contribution < 1.29 is 4.79 Å². The zero-order valence-corrected chi connectivity index (χ0v) is 20.4. The molecular formula is C26H25ClN4OS. The fraction of sp³-hybridized carbons (Fsp3) is 0.192. The molecule has 168 valence electrons. The molecule has 0 saturated carbocycles. The summed E-state index contributed by atoms with van der Waals surface area (Å²) >= 11 is 7.93. The molecule has 4 aromatic rings. The number of thioether (sulfide) groups is 1. The van der Waals surface area contributed by atoms with Crippen molar-refractivity contribution in [2.45, 2.75) is 38.2 Å². The first kappa shape index (κ1) is 23.1. The Kier molecular flexibility index (Phi) is 7.16. The van der Waals surface area contributed by atoms with Gasteiger partial charge in [0.2, 0.25) is 0 Å². The first-order valence-corrected chi connectivity index (χ1v) is 12.0. The molecule has 0 spiro atoms. The van der Waals surface area contributed by atoms with Gasteiger partial charge in [-0.3, -0.25) is 9.36 Å². The standard InChI is InChI=1S/C26H25ClN4OS/c1-17-7-6-9-20(13-17)16-33-26-30-29-24(31(26)23-14-21(27)12-11-19(23)3)15-28-25(32)22-10-5-4-8-18(22)2/h4-14H,15-16H2,1-3H3,(H,28,32). The summed E-state index contributed by atoms with van der Waals surface area (Å²) in [5, 5.41) is 13.2. The lowest BCUT2D eigenvalue weighted by Crippen LogP contribution is -2.25. The molecule has 0 fully saturated rings. The van der Waals surface area contributed by atoms with Gasteiger partial charge in [0.05, 0.1) is 12.2 Å². The van der Waals surface area contributed by atoms with E-state index in [1.165, 1.54) is 11.1 Å². The summed E-state index contributed by atoms with van der Waals surface area (Å²) in [4.78, 5) is 12.8. The molecule has 0 bridgehead atoms. The van der Waals surface area contributed by atoms with Crippen LogP contribution < -0.4 is 5.32 Å². The number of aryl methyl sites for hydroxylation is 3. The average Bonchev–Trinajstić information content (AvgIpc) is 3.20. The van der Waals surface area contributed by atoms with Crippen LogP contribution in [0.4, 0.5) is 0 Å². The molecule has 3 aromatic carbocycles. The van der Waals surface area contributed by atoms with Crippen LogP contribution in [0.5, 0.6) is 0 Å². The van der Waals surface area contributed by atoms with Crippen molar-refractivity contribution >= 4 is 29.3 Å². The second-order valence-electron chi connectivity index (χ2n) is 7.94. The summed E-state index contributed by atoms with van der Waals surface area (Å²) in [6.07, 6.45) is 0. The molecule has 1 N–H and O–H groups in total. The van der Waals surface area contributed by atoms with Crippen molar-refractivity contribution in [2.24, 2.45) is 0 Å². The zero-order valence-electron chi connectivity index (χ0n) is 18.8. The van der Waals surface area contributed by atoms with E-state index in [9.17, 15) is 4.79 Å². The van der Waals surface area contributed by atoms with Crippen molar-refractivity contribution in [3.63, 3.8) is 0 Å². The third-order valence-corrected chi connectivity index (χ3v) is 6.59. The van der Waals surface area contributed by atoms with Crippen LogP contribution in [0.1, 0.15) is 38.4 Å². The van der Waals surface area contributed by atoms with Crippen molar-refractivity contribution in [1.29, 1.82) is 0 Å². The molecule has 0 aliphatic carbocycles. The summed E-state index contributed by atoms with van der Waals surface area (Å²) in [6, 6.07) is 21.7. The van der Waals surface area contributed by atoms with Gasteiger partial charge < -0.3 is 5.32 Å². The average molecular weight is 477 g/mol. The number of benzene rings is 3. The number of nitrogens with zero attached hydrogens (tertiary/aromatic N) is 3. The van der Waals surface area contributed by atoms with Gasteiger partial charge in [-0.2, -0.15) is 0 Å². The first-order chi connectivity index (χ1) is 15.9. The van der Waals surface area contributed by atoms with E-state index >= 15 is 0 Å². The summed E-state index contributed by atoms with van der Waals surface area (Å²) in [7, 11) is 0. The van der Waals surface area contributed by atoms with E-state index in [4.69, 9.17) is 11.6 Å². The van der Waals surface area contributed by atoms with Crippen molar-refractivity contribution in [3.8, 4) is 5.69 Å². The Bertz CT molecular complexity index is 1300. The maximum atomic E-state index is 12.8. The molecule has 0 radical (unpaired) electrons. The largest absolute Gasteiger partial charge is 0.345 e. The van der Waals surface area contributed by atoms with Crippen molar-refractivity contribution in [1.82, 2.24) is 20.1 Å². The fourth-order valence-electron chi connectivity index (χ4n) is 3.61. The Morgan fingerprint density at radius 1 is 0.970 bits per heavy atom. The van der Waals surface area contributed by atoms with Crippen LogP contribution in [-0.4, -0.2) is 20.7 Å². The SMILES string of the molecule is Cc1cccc(CSc2nnc(CNC(=O)c3ccccc3C)n2-c2cc(Cl)ccc2C)c1. The van der Waals surface area contributed by atoms with E-state index in [2.05, 4.69) is 46.7 Å². The summed E-state index contributed by atoms with van der Waals surface area (Å²) < 4.78 is 1.99. The lowest BCUT2D eigenvalue weighted by atomic mass is 10.1. The summed E-state index contributed by atoms with van der Waals surface area (Å²) in [5.74, 6) is 1.27. The molecule has 1 amide bonds. The second kappa shape index (κ2) is 10.2. The number of hydrogen-bond acceptors (Lipinski definition) is 4. The van der Waals surface area contributed by atoms with Crippen LogP contribution in [-0.2, 0) is 12.3 Å². The highest BCUT2D eigenvalue weighted by Crippen LogP contribution is 2.28. The van der Waals surface area contributed by atoms with Crippen LogP contribution in [0.25, 0.3) is 5.69 Å². The molecule has 33 heavy (non-hydrogen) atoms. The molecule has 0 aliphatic heterocycles. The number of hydrogen-bond donors (Lipinski definition) is 1. The number of rotatable bonds is 7. The molecule has 7 heteroatoms. The van der Waals surface area contributed by atoms with Gasteiger partial charge in [0.1, 0.15) is 0 Å². The molecule has 5 nitrogen and oxygen atoms in total. The lowest BCUT2D eigenvalue weighted by Gasteiger charge is -2.14. The van der Waals surface area contributed by atoms with E-state index in [0.717, 1.165) is 27.7 Å². The predicted octanol–water partition coefficient (Wildman–Crippen LogP) is 6.07. The lowest BCUT2D eigenvalue weighted by molar-refractivity contribution is 0.0949. The molecule has 1 aromatic heterocycles. The summed E-state index contributed by atoms with van der Waals surface area (Å²) in [6.45, 7) is 6.28. The molecule has 4 rings (SSSR count). The normalized spacial score (nSPS) is 10.9. The van der Waals surface area contributed by atoms with E-state index in [1.54, 1.807) is 11.8 Å². The van der Waals surface area contributed by atoms with Crippen LogP contribution in [0.3, 0.4) is 0 Å². The summed E-state index contributed by atoms with van der Waals surface area (Å²) in [5.41, 5.74) is 5.96. The van der Waals surface area contributed by atoms with Crippen molar-refractivity contribution in [2.75, 3.05) is 0 Å². The van der Waals surface area contributed by atoms with Gasteiger partial charge in [-0.25, -0.2) is 0 Å². The second-order valence-corrected chi connectivity index (χ2v) is 9.32. The molecule has 0 atom stereocenters. The Hall–Kier alpha value is -3.09. The van der Waals surface area contributed by atoms with Crippen molar-refractivity contribution in [3.05, 3.63) is 105 Å². The first-order valence-electron chi connectivity index (χ1n) is 10.7. The number of nitrogens with one attached hydrogen (secondary N) is 1. The topological polar surface area (TPSA) is 59.8 Å². The molecule has 0 aliphatic rings. The van der Waals surface area contributed by atoms with Crippen LogP contribution in [0.15, 0.2) is 71.9 Å². The highest BCUT2D eigenvalue weighted by molar-refractivity contribution is 7.98. The minimum absolute atomic E-state index is 0.139. The fourth-order valence-corrected chi connectivity index (χ4v) is 4.68. The predicted molar refractivity (Wildman–Crippen MR) is 134 cm³/mol. The van der Waals surface area contributed by atoms with Gasteiger partial charge in [0.25, 0.3) is 5.91 Å². The number of carbonyl (C=O) groups is 1. The number of carbonyl (C=O) groups excluding carboxylic acids is 1. The van der Waals surface area contributed by atoms with Gasteiger partial charge in [0, 0.05) is 16.3 Å².